The number of allylic oxidation sites excluding steroid dienone is 4. The Morgan fingerprint density at radius 1 is 0.643 bits per heavy atom. The van der Waals surface area contributed by atoms with Crippen molar-refractivity contribution in [2.45, 2.75) is 32.1 Å². The molecule has 0 amide bonds. The molecule has 205 valence electrons. The third kappa shape index (κ3) is 6.21. The Kier molecular flexibility index (Phi) is 11.0. The third-order valence-corrected chi connectivity index (χ3v) is 8.23. The first kappa shape index (κ1) is 32.0. The average molecular weight is 662 g/mol. The number of aryl methyl sites for hydroxylation is 2. The van der Waals surface area contributed by atoms with Gasteiger partial charge in [-0.15, -0.1) is 33.4 Å². The van der Waals surface area contributed by atoms with Crippen molar-refractivity contribution in [2.24, 2.45) is 0 Å². The predicted octanol–water partition coefficient (Wildman–Crippen LogP) is 1.91. The summed E-state index contributed by atoms with van der Waals surface area (Å²) < 4.78 is 0. The summed E-state index contributed by atoms with van der Waals surface area (Å²) in [6, 6.07) is 39.7. The molecule has 0 bridgehead atoms. The van der Waals surface area contributed by atoms with Crippen LogP contribution in [0.3, 0.4) is 0 Å². The van der Waals surface area contributed by atoms with E-state index in [1.165, 1.54) is 59.5 Å². The fraction of sp³-hybridized carbons (Fsp3) is 0.128. The van der Waals surface area contributed by atoms with Crippen molar-refractivity contribution in [3.8, 4) is 0 Å². The summed E-state index contributed by atoms with van der Waals surface area (Å²) in [6.45, 7) is 0. The molecular formula is C39H31Cl2Zr. The Labute approximate surface area is 279 Å². The summed E-state index contributed by atoms with van der Waals surface area (Å²) in [7, 11) is 0. The van der Waals surface area contributed by atoms with Gasteiger partial charge in [-0.1, -0.05) is 138 Å². The summed E-state index contributed by atoms with van der Waals surface area (Å²) in [4.78, 5) is 0. The SMILES string of the molecule is [C-]1=c2ccccc2=c2c1c1ccccc1c(C1=CC=CC1)c2=C(CCc1ccccc1)CCc1ccccc1.[Cl-].[Cl-].[Zr+3]. The van der Waals surface area contributed by atoms with Crippen LogP contribution < -0.4 is 35.3 Å². The van der Waals surface area contributed by atoms with E-state index in [4.69, 9.17) is 0 Å². The van der Waals surface area contributed by atoms with Gasteiger partial charge in [-0.05, 0) is 59.8 Å². The molecule has 0 saturated heterocycles. The molecule has 1 radical (unpaired) electrons. The van der Waals surface area contributed by atoms with E-state index in [1.807, 2.05) is 0 Å². The molecule has 0 atom stereocenters. The maximum Gasteiger partial charge on any atom is 3.00 e. The van der Waals surface area contributed by atoms with E-state index in [1.54, 1.807) is 5.57 Å². The van der Waals surface area contributed by atoms with Crippen LogP contribution in [0.25, 0.3) is 28.0 Å². The van der Waals surface area contributed by atoms with Gasteiger partial charge in [-0.25, -0.2) is 0 Å². The molecule has 0 fully saturated rings. The molecule has 3 heteroatoms. The Balaban J connectivity index is 0.00000135. The van der Waals surface area contributed by atoms with Crippen molar-refractivity contribution >= 4 is 28.0 Å². The van der Waals surface area contributed by atoms with Crippen LogP contribution >= 0.6 is 0 Å². The maximum atomic E-state index is 3.83. The molecule has 7 rings (SSSR count). The normalized spacial score (nSPS) is 12.2. The van der Waals surface area contributed by atoms with E-state index in [9.17, 15) is 0 Å². The van der Waals surface area contributed by atoms with Crippen LogP contribution in [-0.2, 0) is 39.0 Å². The zero-order chi connectivity index (χ0) is 26.0. The second kappa shape index (κ2) is 14.5. The van der Waals surface area contributed by atoms with Crippen molar-refractivity contribution in [3.63, 3.8) is 0 Å². The average Bonchev–Trinajstić information content (AvgIpc) is 3.67. The van der Waals surface area contributed by atoms with Gasteiger partial charge in [0.25, 0.3) is 0 Å². The van der Waals surface area contributed by atoms with E-state index < -0.39 is 0 Å². The van der Waals surface area contributed by atoms with E-state index in [-0.39, 0.29) is 51.0 Å². The summed E-state index contributed by atoms with van der Waals surface area (Å²) in [5.41, 5.74) is 8.44. The van der Waals surface area contributed by atoms with Gasteiger partial charge in [-0.2, -0.15) is 0 Å². The van der Waals surface area contributed by atoms with Gasteiger partial charge < -0.3 is 24.8 Å². The molecule has 2 aliphatic carbocycles. The minimum Gasteiger partial charge on any atom is -1.00 e. The topological polar surface area (TPSA) is 0 Å². The van der Waals surface area contributed by atoms with Gasteiger partial charge in [-0.3, -0.25) is 0 Å². The summed E-state index contributed by atoms with van der Waals surface area (Å²) in [6.07, 6.45) is 15.8. The van der Waals surface area contributed by atoms with E-state index >= 15 is 0 Å². The van der Waals surface area contributed by atoms with E-state index in [2.05, 4.69) is 133 Å². The molecule has 0 nitrogen and oxygen atoms in total. The second-order valence-corrected chi connectivity index (χ2v) is 10.6. The van der Waals surface area contributed by atoms with Crippen LogP contribution in [0.2, 0.25) is 0 Å². The first-order valence-electron chi connectivity index (χ1n) is 14.1. The number of fused-ring (bicyclic) bond motifs is 4. The summed E-state index contributed by atoms with van der Waals surface area (Å²) >= 11 is 0. The van der Waals surface area contributed by atoms with Crippen LogP contribution in [0.4, 0.5) is 0 Å². The number of hydrogen-bond donors (Lipinski definition) is 0. The van der Waals surface area contributed by atoms with Crippen LogP contribution in [0.5, 0.6) is 0 Å². The Morgan fingerprint density at radius 2 is 1.21 bits per heavy atom. The van der Waals surface area contributed by atoms with Gasteiger partial charge in [0.2, 0.25) is 0 Å². The molecule has 0 spiro atoms. The second-order valence-electron chi connectivity index (χ2n) is 10.6. The number of rotatable bonds is 7. The molecule has 2 aliphatic rings. The van der Waals surface area contributed by atoms with Crippen molar-refractivity contribution in [2.75, 3.05) is 0 Å². The minimum atomic E-state index is 0. The summed E-state index contributed by atoms with van der Waals surface area (Å²) in [5.74, 6) is 0. The van der Waals surface area contributed by atoms with Crippen LogP contribution in [0, 0.1) is 10.4 Å². The smallest absolute Gasteiger partial charge is 1.00 e. The molecule has 5 aromatic rings. The third-order valence-electron chi connectivity index (χ3n) is 8.23. The Hall–Kier alpha value is -2.96. The Morgan fingerprint density at radius 3 is 1.83 bits per heavy atom. The molecule has 0 N–H and O–H groups in total. The van der Waals surface area contributed by atoms with Gasteiger partial charge in [0.1, 0.15) is 0 Å². The largest absolute Gasteiger partial charge is 3.00 e. The number of hydrogen-bond acceptors (Lipinski definition) is 0. The van der Waals surface area contributed by atoms with Gasteiger partial charge in [0, 0.05) is 0 Å². The van der Waals surface area contributed by atoms with Crippen LogP contribution in [-0.4, -0.2) is 0 Å². The quantitative estimate of drug-likeness (QED) is 0.230. The van der Waals surface area contributed by atoms with Crippen molar-refractivity contribution in [3.05, 3.63) is 171 Å². The van der Waals surface area contributed by atoms with E-state index in [0.717, 1.165) is 32.1 Å². The van der Waals surface area contributed by atoms with Gasteiger partial charge >= 0.3 is 26.2 Å². The molecular weight excluding hydrogens is 631 g/mol. The van der Waals surface area contributed by atoms with Crippen molar-refractivity contribution in [1.82, 2.24) is 0 Å². The molecule has 42 heavy (non-hydrogen) atoms. The standard InChI is InChI=1S/C39H31.2ClH.Zr/c1-3-13-28(14-4-1)23-25-31(26-24-29-15-5-2-6-16-29)38-37(30-17-7-8-18-30)35-22-12-11-21-34(35)36-27-32-19-9-10-20-33(32)39(36)38;;;/h1-17,19-22H,18,23-26H2;2*1H;/q-1;;;+3/p-2. The molecule has 5 aromatic carbocycles. The number of halogens is 2. The predicted molar refractivity (Wildman–Crippen MR) is 164 cm³/mol. The van der Waals surface area contributed by atoms with Gasteiger partial charge in [0.05, 0.1) is 0 Å². The number of benzene rings is 5. The zero-order valence-corrected chi connectivity index (χ0v) is 27.4. The fourth-order valence-electron chi connectivity index (χ4n) is 6.36. The van der Waals surface area contributed by atoms with Crippen LogP contribution in [0.1, 0.15) is 41.5 Å². The van der Waals surface area contributed by atoms with E-state index in [0.29, 0.717) is 0 Å². The zero-order valence-electron chi connectivity index (χ0n) is 23.4. The van der Waals surface area contributed by atoms with Crippen molar-refractivity contribution in [1.29, 1.82) is 0 Å². The van der Waals surface area contributed by atoms with Gasteiger partial charge in [0.15, 0.2) is 0 Å². The monoisotopic (exact) mass is 659 g/mol. The van der Waals surface area contributed by atoms with Crippen molar-refractivity contribution < 1.29 is 51.0 Å². The maximum absolute atomic E-state index is 3.83. The van der Waals surface area contributed by atoms with Crippen LogP contribution in [0.15, 0.2) is 127 Å². The Bertz CT molecular complexity index is 1930. The molecule has 0 unspecified atom stereocenters. The molecule has 0 saturated carbocycles. The molecule has 0 aliphatic heterocycles. The fourth-order valence-corrected chi connectivity index (χ4v) is 6.36. The summed E-state index contributed by atoms with van der Waals surface area (Å²) in [5, 5.41) is 8.00. The first-order valence-corrected chi connectivity index (χ1v) is 14.1. The minimum absolute atomic E-state index is 0. The first-order chi connectivity index (χ1) is 19.4. The molecule has 0 aromatic heterocycles. The molecule has 0 heterocycles.